The molecular weight excluding hydrogens is 450 g/mol. The van der Waals surface area contributed by atoms with Crippen LogP contribution in [0.4, 0.5) is 0 Å². The van der Waals surface area contributed by atoms with E-state index in [1.807, 2.05) is 91.4 Å². The summed E-state index contributed by atoms with van der Waals surface area (Å²) in [6, 6.07) is 25.5. The molecule has 0 saturated carbocycles. The fraction of sp³-hybridized carbons (Fsp3) is 0.185. The summed E-state index contributed by atoms with van der Waals surface area (Å²) >= 11 is 7.70. The first-order chi connectivity index (χ1) is 16.0. The molecule has 3 aromatic carbocycles. The van der Waals surface area contributed by atoms with Gasteiger partial charge in [0.25, 0.3) is 5.91 Å². The molecule has 6 heteroatoms. The lowest BCUT2D eigenvalue weighted by atomic mass is 10.1. The maximum absolute atomic E-state index is 13.7. The van der Waals surface area contributed by atoms with Crippen LogP contribution in [-0.4, -0.2) is 21.7 Å². The minimum atomic E-state index is -0.180. The largest absolute Gasteiger partial charge is 0.344 e. The van der Waals surface area contributed by atoms with E-state index in [2.05, 4.69) is 17.4 Å². The topological polar surface area (TPSA) is 46.9 Å². The monoisotopic (exact) mass is 475 g/mol. The Morgan fingerprint density at radius 1 is 1.03 bits per heavy atom. The maximum Gasteiger partial charge on any atom is 0.270 e. The Hall–Kier alpha value is -3.02. The van der Waals surface area contributed by atoms with Crippen LogP contribution >= 0.6 is 23.4 Å². The third-order valence-corrected chi connectivity index (χ3v) is 6.57. The molecule has 1 atom stereocenters. The lowest BCUT2D eigenvalue weighted by Crippen LogP contribution is -2.29. The molecule has 0 aliphatic carbocycles. The normalized spacial score (nSPS) is 11.9. The van der Waals surface area contributed by atoms with Crippen molar-refractivity contribution in [1.29, 1.82) is 0 Å². The van der Waals surface area contributed by atoms with Crippen molar-refractivity contribution in [2.45, 2.75) is 31.3 Å². The second-order valence-corrected chi connectivity index (χ2v) is 9.04. The molecule has 33 heavy (non-hydrogen) atoms. The van der Waals surface area contributed by atoms with Crippen molar-refractivity contribution in [3.8, 4) is 22.6 Å². The molecule has 1 amide bonds. The molecule has 0 aliphatic rings. The van der Waals surface area contributed by atoms with Crippen molar-refractivity contribution in [2.75, 3.05) is 6.26 Å². The molecule has 168 valence electrons. The lowest BCUT2D eigenvalue weighted by molar-refractivity contribution is 0.0931. The molecular formula is C27H26ClN3OS. The fourth-order valence-corrected chi connectivity index (χ4v) is 4.46. The standard InChI is InChI=1S/C27H26ClN3OS/c1-4-31-25(27(32)29-18(2)19-13-15-22(28)16-14-19)24(21-11-8-12-23(17-21)33-3)30-26(31)20-9-6-5-7-10-20/h5-18H,4H2,1-3H3,(H,29,32). The molecule has 0 fully saturated rings. The molecule has 4 nitrogen and oxygen atoms in total. The summed E-state index contributed by atoms with van der Waals surface area (Å²) in [5, 5.41) is 3.83. The van der Waals surface area contributed by atoms with Gasteiger partial charge >= 0.3 is 0 Å². The minimum absolute atomic E-state index is 0.154. The summed E-state index contributed by atoms with van der Waals surface area (Å²) in [6.45, 7) is 4.63. The van der Waals surface area contributed by atoms with Crippen LogP contribution in [0.2, 0.25) is 5.02 Å². The van der Waals surface area contributed by atoms with Gasteiger partial charge in [-0.05, 0) is 49.9 Å². The van der Waals surface area contributed by atoms with Crippen molar-refractivity contribution in [3.63, 3.8) is 0 Å². The van der Waals surface area contributed by atoms with E-state index in [0.717, 1.165) is 27.4 Å². The fourth-order valence-electron chi connectivity index (χ4n) is 3.87. The van der Waals surface area contributed by atoms with E-state index in [9.17, 15) is 4.79 Å². The highest BCUT2D eigenvalue weighted by atomic mass is 35.5. The lowest BCUT2D eigenvalue weighted by Gasteiger charge is -2.17. The van der Waals surface area contributed by atoms with Crippen LogP contribution in [0, 0.1) is 0 Å². The van der Waals surface area contributed by atoms with Crippen LogP contribution in [0.5, 0.6) is 0 Å². The average molecular weight is 476 g/mol. The van der Waals surface area contributed by atoms with Crippen LogP contribution < -0.4 is 5.32 Å². The number of rotatable bonds is 7. The molecule has 1 heterocycles. The molecule has 4 rings (SSSR count). The van der Waals surface area contributed by atoms with E-state index in [1.54, 1.807) is 11.8 Å². The Bertz CT molecular complexity index is 1250. The van der Waals surface area contributed by atoms with Crippen molar-refractivity contribution in [1.82, 2.24) is 14.9 Å². The highest BCUT2D eigenvalue weighted by Crippen LogP contribution is 2.32. The average Bonchev–Trinajstić information content (AvgIpc) is 3.25. The third-order valence-electron chi connectivity index (χ3n) is 5.59. The van der Waals surface area contributed by atoms with Crippen molar-refractivity contribution < 1.29 is 4.79 Å². The van der Waals surface area contributed by atoms with Gasteiger partial charge in [0.2, 0.25) is 0 Å². The van der Waals surface area contributed by atoms with Gasteiger partial charge in [-0.15, -0.1) is 11.8 Å². The molecule has 1 N–H and O–H groups in total. The molecule has 0 radical (unpaired) electrons. The maximum atomic E-state index is 13.7. The molecule has 4 aromatic rings. The molecule has 0 aliphatic heterocycles. The number of benzene rings is 3. The highest BCUT2D eigenvalue weighted by Gasteiger charge is 2.25. The van der Waals surface area contributed by atoms with E-state index in [0.29, 0.717) is 23.0 Å². The van der Waals surface area contributed by atoms with Gasteiger partial charge in [-0.1, -0.05) is 66.2 Å². The first-order valence-electron chi connectivity index (χ1n) is 10.9. The number of thioether (sulfide) groups is 1. The summed E-state index contributed by atoms with van der Waals surface area (Å²) < 4.78 is 2.00. The van der Waals surface area contributed by atoms with Crippen LogP contribution in [-0.2, 0) is 6.54 Å². The number of hydrogen-bond acceptors (Lipinski definition) is 3. The van der Waals surface area contributed by atoms with Gasteiger partial charge in [-0.3, -0.25) is 4.79 Å². The van der Waals surface area contributed by atoms with Crippen LogP contribution in [0.15, 0.2) is 83.8 Å². The zero-order chi connectivity index (χ0) is 23.4. The van der Waals surface area contributed by atoms with Gasteiger partial charge < -0.3 is 9.88 Å². The predicted octanol–water partition coefficient (Wildman–Crippen LogP) is 7.10. The zero-order valence-corrected chi connectivity index (χ0v) is 20.5. The molecule has 0 bridgehead atoms. The molecule has 1 unspecified atom stereocenters. The summed E-state index contributed by atoms with van der Waals surface area (Å²) in [5.41, 5.74) is 4.15. The van der Waals surface area contributed by atoms with Crippen molar-refractivity contribution >= 4 is 29.3 Å². The molecule has 0 spiro atoms. The van der Waals surface area contributed by atoms with Crippen molar-refractivity contribution in [3.05, 3.63) is 95.1 Å². The molecule has 0 saturated heterocycles. The summed E-state index contributed by atoms with van der Waals surface area (Å²) in [4.78, 5) is 19.8. The second kappa shape index (κ2) is 10.3. The Labute approximate surface area is 204 Å². The number of halogens is 1. The quantitative estimate of drug-likeness (QED) is 0.290. The molecule has 1 aromatic heterocycles. The highest BCUT2D eigenvalue weighted by molar-refractivity contribution is 7.98. The second-order valence-electron chi connectivity index (χ2n) is 7.72. The van der Waals surface area contributed by atoms with E-state index in [1.165, 1.54) is 0 Å². The van der Waals surface area contributed by atoms with Gasteiger partial charge in [-0.25, -0.2) is 4.98 Å². The van der Waals surface area contributed by atoms with E-state index in [4.69, 9.17) is 16.6 Å². The Morgan fingerprint density at radius 3 is 2.39 bits per heavy atom. The number of aromatic nitrogens is 2. The number of nitrogens with zero attached hydrogens (tertiary/aromatic N) is 2. The van der Waals surface area contributed by atoms with Gasteiger partial charge in [0.1, 0.15) is 17.2 Å². The van der Waals surface area contributed by atoms with Gasteiger partial charge in [-0.2, -0.15) is 0 Å². The van der Waals surface area contributed by atoms with Gasteiger partial charge in [0.15, 0.2) is 0 Å². The van der Waals surface area contributed by atoms with Crippen LogP contribution in [0.3, 0.4) is 0 Å². The SMILES string of the molecule is CCn1c(-c2ccccc2)nc(-c2cccc(SC)c2)c1C(=O)NC(C)c1ccc(Cl)cc1. The Balaban J connectivity index is 1.81. The van der Waals surface area contributed by atoms with Crippen molar-refractivity contribution in [2.24, 2.45) is 0 Å². The first kappa shape index (κ1) is 23.1. The predicted molar refractivity (Wildman–Crippen MR) is 138 cm³/mol. The number of imidazole rings is 1. The number of carbonyl (C=O) groups excluding carboxylic acids is 1. The van der Waals surface area contributed by atoms with E-state index >= 15 is 0 Å². The van der Waals surface area contributed by atoms with Gasteiger partial charge in [0, 0.05) is 27.6 Å². The number of hydrogen-bond donors (Lipinski definition) is 1. The van der Waals surface area contributed by atoms with E-state index < -0.39 is 0 Å². The summed E-state index contributed by atoms with van der Waals surface area (Å²) in [7, 11) is 0. The number of nitrogens with one attached hydrogen (secondary N) is 1. The Kier molecular flexibility index (Phi) is 7.21. The summed E-state index contributed by atoms with van der Waals surface area (Å²) in [5.74, 6) is 0.630. The first-order valence-corrected chi connectivity index (χ1v) is 12.5. The summed E-state index contributed by atoms with van der Waals surface area (Å²) in [6.07, 6.45) is 2.04. The van der Waals surface area contributed by atoms with E-state index in [-0.39, 0.29) is 11.9 Å². The third kappa shape index (κ3) is 5.00. The van der Waals surface area contributed by atoms with Crippen LogP contribution in [0.1, 0.15) is 35.9 Å². The minimum Gasteiger partial charge on any atom is -0.344 e. The number of amides is 1. The number of carbonyl (C=O) groups is 1. The Morgan fingerprint density at radius 2 is 1.73 bits per heavy atom. The smallest absolute Gasteiger partial charge is 0.270 e. The zero-order valence-electron chi connectivity index (χ0n) is 18.9. The van der Waals surface area contributed by atoms with Crippen LogP contribution in [0.25, 0.3) is 22.6 Å². The van der Waals surface area contributed by atoms with Gasteiger partial charge in [0.05, 0.1) is 6.04 Å².